The molecule has 1 aliphatic rings. The van der Waals surface area contributed by atoms with Gasteiger partial charge in [-0.05, 0) is 31.2 Å². The predicted octanol–water partition coefficient (Wildman–Crippen LogP) is 3.04. The Hall–Kier alpha value is -2.96. The summed E-state index contributed by atoms with van der Waals surface area (Å²) in [6.07, 6.45) is 10.8. The molecule has 0 N–H and O–H groups in total. The van der Waals surface area contributed by atoms with Crippen molar-refractivity contribution < 1.29 is 14.2 Å². The van der Waals surface area contributed by atoms with Crippen LogP contribution in [-0.4, -0.2) is 40.7 Å². The summed E-state index contributed by atoms with van der Waals surface area (Å²) in [4.78, 5) is 4.48. The molecule has 0 bridgehead atoms. The van der Waals surface area contributed by atoms with E-state index in [1.54, 1.807) is 38.5 Å². The van der Waals surface area contributed by atoms with Gasteiger partial charge in [-0.3, -0.25) is 0 Å². The molecule has 1 aliphatic carbocycles. The maximum absolute atomic E-state index is 5.72. The first-order valence-corrected chi connectivity index (χ1v) is 8.61. The van der Waals surface area contributed by atoms with Crippen molar-refractivity contribution in [2.45, 2.75) is 19.3 Å². The molecule has 0 atom stereocenters. The monoisotopic (exact) mass is 354 g/mol. The third kappa shape index (κ3) is 2.89. The summed E-state index contributed by atoms with van der Waals surface area (Å²) >= 11 is 0. The van der Waals surface area contributed by atoms with E-state index in [9.17, 15) is 0 Å². The van der Waals surface area contributed by atoms with Gasteiger partial charge in [-0.2, -0.15) is 5.10 Å². The smallest absolute Gasteiger partial charge is 0.203 e. The number of hydrogen-bond acceptors (Lipinski definition) is 5. The second kappa shape index (κ2) is 6.74. The van der Waals surface area contributed by atoms with Gasteiger partial charge in [-0.1, -0.05) is 0 Å². The summed E-state index contributed by atoms with van der Waals surface area (Å²) in [6, 6.07) is 3.85. The van der Waals surface area contributed by atoms with Gasteiger partial charge in [0.15, 0.2) is 17.3 Å². The molecule has 7 nitrogen and oxygen atoms in total. The lowest BCUT2D eigenvalue weighted by Gasteiger charge is -2.20. The highest BCUT2D eigenvalue weighted by Crippen LogP contribution is 2.46. The molecule has 4 rings (SSSR count). The predicted molar refractivity (Wildman–Crippen MR) is 96.8 cm³/mol. The van der Waals surface area contributed by atoms with E-state index in [1.165, 1.54) is 12.8 Å². The van der Waals surface area contributed by atoms with Crippen molar-refractivity contribution >= 4 is 0 Å². The van der Waals surface area contributed by atoms with Crippen molar-refractivity contribution in [1.29, 1.82) is 0 Å². The number of ether oxygens (including phenoxy) is 3. The van der Waals surface area contributed by atoms with Crippen LogP contribution in [-0.2, 0) is 6.42 Å². The average Bonchev–Trinajstić information content (AvgIpc) is 3.14. The fourth-order valence-electron chi connectivity index (χ4n) is 3.21. The summed E-state index contributed by atoms with van der Waals surface area (Å²) in [5.74, 6) is 3.43. The summed E-state index contributed by atoms with van der Waals surface area (Å²) in [5.41, 5.74) is 2.09. The van der Waals surface area contributed by atoms with Gasteiger partial charge in [0.1, 0.15) is 6.33 Å². The molecule has 1 aromatic carbocycles. The number of aromatic nitrogens is 4. The lowest BCUT2D eigenvalue weighted by molar-refractivity contribution is 0.321. The van der Waals surface area contributed by atoms with Crippen LogP contribution in [0.5, 0.6) is 17.2 Å². The fraction of sp³-hybridized carbons (Fsp3) is 0.368. The van der Waals surface area contributed by atoms with Gasteiger partial charge in [0.2, 0.25) is 5.75 Å². The molecule has 7 heteroatoms. The molecule has 1 fully saturated rings. The van der Waals surface area contributed by atoms with Crippen LogP contribution in [0.4, 0.5) is 0 Å². The Labute approximate surface area is 152 Å². The van der Waals surface area contributed by atoms with Crippen LogP contribution in [0.25, 0.3) is 11.5 Å². The Bertz CT molecular complexity index is 898. The first-order chi connectivity index (χ1) is 12.7. The Morgan fingerprint density at radius 2 is 1.92 bits per heavy atom. The number of rotatable bonds is 7. The first kappa shape index (κ1) is 16.5. The quantitative estimate of drug-likeness (QED) is 0.653. The van der Waals surface area contributed by atoms with Gasteiger partial charge in [-0.25, -0.2) is 9.67 Å². The van der Waals surface area contributed by atoms with Crippen LogP contribution >= 0.6 is 0 Å². The van der Waals surface area contributed by atoms with Gasteiger partial charge in [-0.15, -0.1) is 0 Å². The van der Waals surface area contributed by atoms with Crippen LogP contribution in [0.2, 0.25) is 0 Å². The van der Waals surface area contributed by atoms with Crippen molar-refractivity contribution in [2.75, 3.05) is 21.3 Å². The minimum absolute atomic E-state index is 0.627. The standard InChI is InChI=1S/C19H22N4O3/c1-24-16-10-15(22-11-17(20-12-22)23-8-4-7-21-23)14(9-13-5-6-13)18(25-2)19(16)26-3/h4,7-8,10-13H,5-6,9H2,1-3H3. The summed E-state index contributed by atoms with van der Waals surface area (Å²) in [6.45, 7) is 0. The average molecular weight is 354 g/mol. The van der Waals surface area contributed by atoms with Gasteiger partial charge in [0.25, 0.3) is 0 Å². The van der Waals surface area contributed by atoms with E-state index in [4.69, 9.17) is 14.2 Å². The van der Waals surface area contributed by atoms with Gasteiger partial charge in [0.05, 0.1) is 33.2 Å². The fourth-order valence-corrected chi connectivity index (χ4v) is 3.21. The first-order valence-electron chi connectivity index (χ1n) is 8.61. The molecule has 2 heterocycles. The number of nitrogens with zero attached hydrogens (tertiary/aromatic N) is 4. The minimum atomic E-state index is 0.627. The maximum atomic E-state index is 5.72. The molecule has 1 saturated carbocycles. The van der Waals surface area contributed by atoms with E-state index in [-0.39, 0.29) is 0 Å². The molecule has 0 spiro atoms. The largest absolute Gasteiger partial charge is 0.493 e. The van der Waals surface area contributed by atoms with Crippen molar-refractivity contribution in [3.8, 4) is 28.8 Å². The SMILES string of the molecule is COc1cc(-n2cnc(-n3cccn3)c2)c(CC2CC2)c(OC)c1OC. The van der Waals surface area contributed by atoms with Crippen LogP contribution in [0.3, 0.4) is 0 Å². The highest BCUT2D eigenvalue weighted by atomic mass is 16.5. The summed E-state index contributed by atoms with van der Waals surface area (Å²) < 4.78 is 20.5. The van der Waals surface area contributed by atoms with Crippen LogP contribution in [0.15, 0.2) is 37.1 Å². The Kier molecular flexibility index (Phi) is 4.28. The summed E-state index contributed by atoms with van der Waals surface area (Å²) in [7, 11) is 4.93. The topological polar surface area (TPSA) is 63.3 Å². The number of hydrogen-bond donors (Lipinski definition) is 0. The molecule has 0 amide bonds. The second-order valence-corrected chi connectivity index (χ2v) is 6.38. The van der Waals surface area contributed by atoms with E-state index in [2.05, 4.69) is 10.1 Å². The van der Waals surface area contributed by atoms with E-state index >= 15 is 0 Å². The molecule has 2 aromatic heterocycles. The minimum Gasteiger partial charge on any atom is -0.493 e. The molecule has 3 aromatic rings. The van der Waals surface area contributed by atoms with Crippen molar-refractivity contribution in [3.63, 3.8) is 0 Å². The van der Waals surface area contributed by atoms with Crippen molar-refractivity contribution in [2.24, 2.45) is 5.92 Å². The third-order valence-electron chi connectivity index (χ3n) is 4.69. The molecule has 0 radical (unpaired) electrons. The summed E-state index contributed by atoms with van der Waals surface area (Å²) in [5, 5.41) is 4.24. The Morgan fingerprint density at radius 1 is 1.12 bits per heavy atom. The normalized spacial score (nSPS) is 13.7. The molecular weight excluding hydrogens is 332 g/mol. The van der Waals surface area contributed by atoms with Crippen LogP contribution in [0, 0.1) is 5.92 Å². The zero-order valence-electron chi connectivity index (χ0n) is 15.2. The molecule has 136 valence electrons. The number of benzene rings is 1. The van der Waals surface area contributed by atoms with Crippen molar-refractivity contribution in [1.82, 2.24) is 19.3 Å². The third-order valence-corrected chi connectivity index (χ3v) is 4.69. The van der Waals surface area contributed by atoms with E-state index < -0.39 is 0 Å². The van der Waals surface area contributed by atoms with Crippen LogP contribution < -0.4 is 14.2 Å². The maximum Gasteiger partial charge on any atom is 0.203 e. The lowest BCUT2D eigenvalue weighted by Crippen LogP contribution is -2.06. The van der Waals surface area contributed by atoms with E-state index in [0.717, 1.165) is 29.2 Å². The number of methoxy groups -OCH3 is 3. The molecule has 0 aliphatic heterocycles. The number of imidazole rings is 1. The zero-order valence-corrected chi connectivity index (χ0v) is 15.2. The van der Waals surface area contributed by atoms with E-state index in [0.29, 0.717) is 17.4 Å². The zero-order chi connectivity index (χ0) is 18.1. The Morgan fingerprint density at radius 3 is 2.54 bits per heavy atom. The van der Waals surface area contributed by atoms with Crippen LogP contribution in [0.1, 0.15) is 18.4 Å². The Balaban J connectivity index is 1.86. The highest BCUT2D eigenvalue weighted by Gasteiger charge is 2.28. The molecular formula is C19H22N4O3. The van der Waals surface area contributed by atoms with E-state index in [1.807, 2.05) is 29.1 Å². The van der Waals surface area contributed by atoms with Gasteiger partial charge in [0, 0.05) is 24.0 Å². The molecule has 26 heavy (non-hydrogen) atoms. The highest BCUT2D eigenvalue weighted by molar-refractivity contribution is 5.64. The lowest BCUT2D eigenvalue weighted by atomic mass is 10.0. The second-order valence-electron chi connectivity index (χ2n) is 6.38. The molecule has 0 unspecified atom stereocenters. The van der Waals surface area contributed by atoms with Crippen molar-refractivity contribution in [3.05, 3.63) is 42.6 Å². The molecule has 0 saturated heterocycles. The van der Waals surface area contributed by atoms with Gasteiger partial charge < -0.3 is 18.8 Å². The van der Waals surface area contributed by atoms with Gasteiger partial charge >= 0.3 is 0 Å².